The Morgan fingerprint density at radius 2 is 1.80 bits per heavy atom. The van der Waals surface area contributed by atoms with E-state index in [1.807, 2.05) is 31.2 Å². The first-order valence-electron chi connectivity index (χ1n) is 8.72. The number of hydrogen-bond acceptors (Lipinski definition) is 4. The van der Waals surface area contributed by atoms with Crippen molar-refractivity contribution in [2.45, 2.75) is 51.7 Å². The minimum Gasteiger partial charge on any atom is -0.372 e. The number of benzene rings is 1. The maximum Gasteiger partial charge on any atom is 0.250 e. The number of sulfonamides is 1. The first kappa shape index (κ1) is 21.6. The molecule has 7 heteroatoms. The third-order valence-corrected chi connectivity index (χ3v) is 5.66. The van der Waals surface area contributed by atoms with Crippen LogP contribution in [-0.4, -0.2) is 39.3 Å². The largest absolute Gasteiger partial charge is 0.372 e. The van der Waals surface area contributed by atoms with Crippen molar-refractivity contribution in [2.24, 2.45) is 0 Å². The van der Waals surface area contributed by atoms with Gasteiger partial charge in [0.15, 0.2) is 0 Å². The zero-order chi connectivity index (χ0) is 18.9. The number of hydrogen-bond donors (Lipinski definition) is 2. The molecule has 1 aromatic carbocycles. The number of anilines is 1. The van der Waals surface area contributed by atoms with E-state index in [9.17, 15) is 13.2 Å². The van der Waals surface area contributed by atoms with Gasteiger partial charge in [-0.05, 0) is 43.9 Å². The molecule has 0 spiro atoms. The predicted molar refractivity (Wildman–Crippen MR) is 101 cm³/mol. The highest BCUT2D eigenvalue weighted by molar-refractivity contribution is 7.90. The number of carbonyl (C=O) groups excluding carboxylic acids is 1. The lowest BCUT2D eigenvalue weighted by atomic mass is 10.0. The Labute approximate surface area is 151 Å². The first-order valence-corrected chi connectivity index (χ1v) is 10.3. The Balaban J connectivity index is 2.48. The Morgan fingerprint density at radius 3 is 2.36 bits per heavy atom. The van der Waals surface area contributed by atoms with Crippen molar-refractivity contribution in [3.8, 4) is 0 Å². The molecule has 0 saturated heterocycles. The molecule has 0 aliphatic heterocycles. The zero-order valence-electron chi connectivity index (χ0n) is 15.5. The first-order chi connectivity index (χ1) is 11.8. The van der Waals surface area contributed by atoms with Gasteiger partial charge in [-0.25, -0.2) is 13.1 Å². The van der Waals surface area contributed by atoms with Gasteiger partial charge in [-0.15, -0.1) is 0 Å². The number of rotatable bonds is 11. The molecule has 1 rings (SSSR count). The van der Waals surface area contributed by atoms with E-state index in [2.05, 4.69) is 17.0 Å². The average molecular weight is 371 g/mol. The molecule has 0 aliphatic carbocycles. The Bertz CT molecular complexity index is 627. The van der Waals surface area contributed by atoms with E-state index in [1.165, 1.54) is 0 Å². The fourth-order valence-corrected chi connectivity index (χ4v) is 2.84. The predicted octanol–water partition coefficient (Wildman–Crippen LogP) is 2.87. The second-order valence-electron chi connectivity index (χ2n) is 6.42. The third kappa shape index (κ3) is 7.98. The summed E-state index contributed by atoms with van der Waals surface area (Å²) >= 11 is 0. The summed E-state index contributed by atoms with van der Waals surface area (Å²) in [5.41, 5.74) is 1.70. The highest BCUT2D eigenvalue weighted by Gasteiger charge is 2.17. The van der Waals surface area contributed by atoms with Crippen molar-refractivity contribution in [1.82, 2.24) is 4.72 Å². The number of carbonyl (C=O) groups is 1. The maximum atomic E-state index is 11.8. The normalized spacial score (nSPS) is 13.0. The molecule has 1 atom stereocenters. The Morgan fingerprint density at radius 1 is 1.16 bits per heavy atom. The van der Waals surface area contributed by atoms with E-state index >= 15 is 0 Å². The van der Waals surface area contributed by atoms with Crippen LogP contribution in [-0.2, 0) is 19.6 Å². The zero-order valence-corrected chi connectivity index (χ0v) is 16.4. The molecule has 1 unspecified atom stereocenters. The van der Waals surface area contributed by atoms with Crippen LogP contribution >= 0.6 is 0 Å². The quantitative estimate of drug-likeness (QED) is 0.587. The number of amides is 1. The van der Waals surface area contributed by atoms with Gasteiger partial charge in [-0.3, -0.25) is 4.79 Å². The molecular formula is C18H30N2O4S. The summed E-state index contributed by atoms with van der Waals surface area (Å²) in [6.07, 6.45) is 1.98. The highest BCUT2D eigenvalue weighted by Crippen LogP contribution is 2.18. The van der Waals surface area contributed by atoms with Crippen molar-refractivity contribution in [1.29, 1.82) is 0 Å². The molecule has 0 aromatic heterocycles. The Hall–Kier alpha value is -1.44. The van der Waals surface area contributed by atoms with Crippen LogP contribution < -0.4 is 10.0 Å². The standard InChI is InChI=1S/C18H30N2O4S/c1-5-6-11-24-13-18(21)20-17-9-7-16(8-10-17)15(4)12-19-25(22,23)14(2)3/h7-10,14-15,19H,5-6,11-13H2,1-4H3,(H,20,21). The molecule has 142 valence electrons. The fraction of sp³-hybridized carbons (Fsp3) is 0.611. The van der Waals surface area contributed by atoms with Gasteiger partial charge in [0.2, 0.25) is 15.9 Å². The van der Waals surface area contributed by atoms with Gasteiger partial charge in [0.1, 0.15) is 6.61 Å². The summed E-state index contributed by atoms with van der Waals surface area (Å²) in [5, 5.41) is 2.33. The van der Waals surface area contributed by atoms with Gasteiger partial charge in [0.05, 0.1) is 5.25 Å². The molecule has 0 radical (unpaired) electrons. The average Bonchev–Trinajstić information content (AvgIpc) is 2.57. The van der Waals surface area contributed by atoms with E-state index in [0.717, 1.165) is 18.4 Å². The van der Waals surface area contributed by atoms with Gasteiger partial charge in [-0.2, -0.15) is 0 Å². The molecule has 0 heterocycles. The maximum absolute atomic E-state index is 11.8. The molecule has 1 amide bonds. The lowest BCUT2D eigenvalue weighted by Gasteiger charge is -2.15. The van der Waals surface area contributed by atoms with E-state index in [0.29, 0.717) is 18.8 Å². The van der Waals surface area contributed by atoms with Crippen LogP contribution in [0, 0.1) is 0 Å². The molecule has 0 fully saturated rings. The van der Waals surface area contributed by atoms with Crippen LogP contribution in [0.1, 0.15) is 52.0 Å². The smallest absolute Gasteiger partial charge is 0.250 e. The minimum absolute atomic E-state index is 0.0376. The van der Waals surface area contributed by atoms with Gasteiger partial charge in [0.25, 0.3) is 0 Å². The minimum atomic E-state index is -3.26. The van der Waals surface area contributed by atoms with Crippen LogP contribution in [0.25, 0.3) is 0 Å². The van der Waals surface area contributed by atoms with Crippen LogP contribution in [0.5, 0.6) is 0 Å². The second-order valence-corrected chi connectivity index (χ2v) is 8.74. The molecule has 2 N–H and O–H groups in total. The fourth-order valence-electron chi connectivity index (χ4n) is 2.03. The lowest BCUT2D eigenvalue weighted by molar-refractivity contribution is -0.120. The van der Waals surface area contributed by atoms with Crippen molar-refractivity contribution in [3.05, 3.63) is 29.8 Å². The lowest BCUT2D eigenvalue weighted by Crippen LogP contribution is -2.33. The van der Waals surface area contributed by atoms with E-state index in [1.54, 1.807) is 13.8 Å². The Kier molecular flexibility index (Phi) is 9.10. The summed E-state index contributed by atoms with van der Waals surface area (Å²) in [6.45, 7) is 8.31. The van der Waals surface area contributed by atoms with E-state index in [4.69, 9.17) is 4.74 Å². The molecule has 25 heavy (non-hydrogen) atoms. The van der Waals surface area contributed by atoms with Crippen LogP contribution in [0.4, 0.5) is 5.69 Å². The topological polar surface area (TPSA) is 84.5 Å². The molecule has 0 bridgehead atoms. The number of nitrogens with one attached hydrogen (secondary N) is 2. The van der Waals surface area contributed by atoms with E-state index in [-0.39, 0.29) is 18.4 Å². The summed E-state index contributed by atoms with van der Waals surface area (Å²) in [7, 11) is -3.26. The van der Waals surface area contributed by atoms with Crippen LogP contribution in [0.15, 0.2) is 24.3 Å². The third-order valence-electron chi connectivity index (χ3n) is 3.85. The SMILES string of the molecule is CCCCOCC(=O)Nc1ccc(C(C)CNS(=O)(=O)C(C)C)cc1. The molecular weight excluding hydrogens is 340 g/mol. The number of ether oxygens (including phenoxy) is 1. The van der Waals surface area contributed by atoms with Crippen molar-refractivity contribution >= 4 is 21.6 Å². The van der Waals surface area contributed by atoms with Gasteiger partial charge in [-0.1, -0.05) is 32.4 Å². The highest BCUT2D eigenvalue weighted by atomic mass is 32.2. The van der Waals surface area contributed by atoms with Crippen molar-refractivity contribution in [3.63, 3.8) is 0 Å². The van der Waals surface area contributed by atoms with Crippen molar-refractivity contribution in [2.75, 3.05) is 25.1 Å². The molecule has 0 aliphatic rings. The molecule has 0 saturated carbocycles. The summed E-state index contributed by atoms with van der Waals surface area (Å²) < 4.78 is 31.5. The van der Waals surface area contributed by atoms with Crippen LogP contribution in [0.2, 0.25) is 0 Å². The van der Waals surface area contributed by atoms with Gasteiger partial charge < -0.3 is 10.1 Å². The van der Waals surface area contributed by atoms with Gasteiger partial charge in [0, 0.05) is 18.8 Å². The second kappa shape index (κ2) is 10.5. The van der Waals surface area contributed by atoms with E-state index < -0.39 is 15.3 Å². The molecule has 6 nitrogen and oxygen atoms in total. The summed E-state index contributed by atoms with van der Waals surface area (Å²) in [5.74, 6) is -0.141. The summed E-state index contributed by atoms with van der Waals surface area (Å²) in [6, 6.07) is 7.41. The number of unbranched alkanes of at least 4 members (excludes halogenated alkanes) is 1. The van der Waals surface area contributed by atoms with Crippen molar-refractivity contribution < 1.29 is 17.9 Å². The van der Waals surface area contributed by atoms with Gasteiger partial charge >= 0.3 is 0 Å². The monoisotopic (exact) mass is 370 g/mol. The molecule has 1 aromatic rings. The summed E-state index contributed by atoms with van der Waals surface area (Å²) in [4.78, 5) is 11.8. The van der Waals surface area contributed by atoms with Crippen LogP contribution in [0.3, 0.4) is 0 Å².